The number of hydrogen-bond donors (Lipinski definition) is 0. The van der Waals surface area contributed by atoms with Crippen molar-refractivity contribution in [2.24, 2.45) is 5.92 Å². The van der Waals surface area contributed by atoms with Crippen LogP contribution in [0.5, 0.6) is 0 Å². The van der Waals surface area contributed by atoms with Crippen LogP contribution in [0.25, 0.3) is 0 Å². The average Bonchev–Trinajstić information content (AvgIpc) is 2.74. The van der Waals surface area contributed by atoms with Gasteiger partial charge in [-0.1, -0.05) is 56.3 Å². The van der Waals surface area contributed by atoms with Crippen LogP contribution in [0.1, 0.15) is 50.2 Å². The third kappa shape index (κ3) is 7.24. The molecule has 3 rings (SSSR count). The van der Waals surface area contributed by atoms with Gasteiger partial charge in [0.1, 0.15) is 5.82 Å². The van der Waals surface area contributed by atoms with E-state index in [1.54, 1.807) is 12.1 Å². The van der Waals surface area contributed by atoms with Crippen LogP contribution in [0.4, 0.5) is 4.39 Å². The van der Waals surface area contributed by atoms with Crippen LogP contribution >= 0.6 is 0 Å². The molecule has 1 heterocycles. The van der Waals surface area contributed by atoms with Crippen molar-refractivity contribution in [2.45, 2.75) is 45.4 Å². The lowest BCUT2D eigenvalue weighted by atomic mass is 9.85. The Hall–Kier alpha value is -1.71. The molecule has 0 N–H and O–H groups in total. The van der Waals surface area contributed by atoms with E-state index in [1.165, 1.54) is 56.7 Å². The van der Waals surface area contributed by atoms with E-state index < -0.39 is 0 Å². The van der Waals surface area contributed by atoms with E-state index >= 15 is 0 Å². The summed E-state index contributed by atoms with van der Waals surface area (Å²) in [5.41, 5.74) is 2.73. The lowest BCUT2D eigenvalue weighted by Crippen LogP contribution is -2.46. The highest BCUT2D eigenvalue weighted by molar-refractivity contribution is 5.20. The molecule has 1 aliphatic heterocycles. The van der Waals surface area contributed by atoms with Gasteiger partial charge in [0.2, 0.25) is 0 Å². The van der Waals surface area contributed by atoms with E-state index in [1.807, 2.05) is 12.1 Å². The Balaban J connectivity index is 1.32. The minimum atomic E-state index is -0.145. The molecule has 3 heteroatoms. The van der Waals surface area contributed by atoms with Crippen LogP contribution in [-0.2, 0) is 6.42 Å². The number of piperazine rings is 1. The zero-order valence-corrected chi connectivity index (χ0v) is 18.2. The minimum absolute atomic E-state index is 0.145. The van der Waals surface area contributed by atoms with Crippen LogP contribution in [0.15, 0.2) is 54.6 Å². The fraction of sp³-hybridized carbons (Fsp3) is 0.538. The van der Waals surface area contributed by atoms with Crippen LogP contribution in [0.3, 0.4) is 0 Å². The zero-order valence-electron chi connectivity index (χ0n) is 18.2. The Morgan fingerprint density at radius 3 is 1.97 bits per heavy atom. The average molecular weight is 397 g/mol. The molecule has 0 aromatic heterocycles. The molecule has 158 valence electrons. The molecule has 29 heavy (non-hydrogen) atoms. The van der Waals surface area contributed by atoms with Crippen molar-refractivity contribution in [3.05, 3.63) is 71.5 Å². The number of nitrogens with zero attached hydrogens (tertiary/aromatic N) is 2. The number of rotatable bonds is 10. The van der Waals surface area contributed by atoms with Gasteiger partial charge in [-0.3, -0.25) is 0 Å². The summed E-state index contributed by atoms with van der Waals surface area (Å²) in [6.07, 6.45) is 4.75. The van der Waals surface area contributed by atoms with E-state index in [-0.39, 0.29) is 5.82 Å². The fourth-order valence-electron chi connectivity index (χ4n) is 4.51. The van der Waals surface area contributed by atoms with Gasteiger partial charge in [0, 0.05) is 26.2 Å². The van der Waals surface area contributed by atoms with Gasteiger partial charge >= 0.3 is 0 Å². The number of hydrogen-bond acceptors (Lipinski definition) is 2. The summed E-state index contributed by atoms with van der Waals surface area (Å²) in [6.45, 7) is 11.8. The zero-order chi connectivity index (χ0) is 20.5. The highest BCUT2D eigenvalue weighted by Crippen LogP contribution is 2.29. The molecule has 0 spiro atoms. The van der Waals surface area contributed by atoms with Crippen molar-refractivity contribution in [3.8, 4) is 0 Å². The van der Waals surface area contributed by atoms with Crippen LogP contribution in [0.2, 0.25) is 0 Å². The SMILES string of the molecule is CC(C)C(CCCN1CCN(CCCc2ccc(F)cc2)CC1)c1ccccc1. The van der Waals surface area contributed by atoms with E-state index in [0.717, 1.165) is 19.4 Å². The van der Waals surface area contributed by atoms with Crippen LogP contribution < -0.4 is 0 Å². The second kappa shape index (κ2) is 11.5. The van der Waals surface area contributed by atoms with Gasteiger partial charge in [0.05, 0.1) is 0 Å². The van der Waals surface area contributed by atoms with Crippen molar-refractivity contribution < 1.29 is 4.39 Å². The Morgan fingerprint density at radius 1 is 0.793 bits per heavy atom. The predicted molar refractivity (Wildman–Crippen MR) is 121 cm³/mol. The van der Waals surface area contributed by atoms with Gasteiger partial charge in [-0.05, 0) is 73.9 Å². The summed E-state index contributed by atoms with van der Waals surface area (Å²) >= 11 is 0. The Labute approximate surface area is 176 Å². The first-order valence-electron chi connectivity index (χ1n) is 11.4. The van der Waals surface area contributed by atoms with Gasteiger partial charge in [-0.2, -0.15) is 0 Å². The van der Waals surface area contributed by atoms with Gasteiger partial charge in [-0.25, -0.2) is 4.39 Å². The van der Waals surface area contributed by atoms with E-state index in [0.29, 0.717) is 11.8 Å². The number of aryl methyl sites for hydroxylation is 1. The molecule has 2 aromatic rings. The van der Waals surface area contributed by atoms with Gasteiger partial charge in [0.25, 0.3) is 0 Å². The standard InChI is InChI=1S/C26H37FN2/c1-22(2)26(24-9-4-3-5-10-24)11-7-17-29-20-18-28(19-21-29)16-6-8-23-12-14-25(27)15-13-23/h3-5,9-10,12-15,22,26H,6-8,11,16-21H2,1-2H3. The van der Waals surface area contributed by atoms with Crippen molar-refractivity contribution in [1.29, 1.82) is 0 Å². The van der Waals surface area contributed by atoms with Crippen molar-refractivity contribution in [3.63, 3.8) is 0 Å². The molecule has 2 aromatic carbocycles. The quantitative estimate of drug-likeness (QED) is 0.516. The molecule has 1 aliphatic rings. The smallest absolute Gasteiger partial charge is 0.123 e. The van der Waals surface area contributed by atoms with Gasteiger partial charge in [-0.15, -0.1) is 0 Å². The first-order chi connectivity index (χ1) is 14.1. The second-order valence-electron chi connectivity index (χ2n) is 8.82. The molecule has 1 atom stereocenters. The monoisotopic (exact) mass is 396 g/mol. The lowest BCUT2D eigenvalue weighted by molar-refractivity contribution is 0.129. The molecule has 0 bridgehead atoms. The Kier molecular flexibility index (Phi) is 8.69. The topological polar surface area (TPSA) is 6.48 Å². The molecule has 1 unspecified atom stereocenters. The second-order valence-corrected chi connectivity index (χ2v) is 8.82. The van der Waals surface area contributed by atoms with Gasteiger partial charge in [0.15, 0.2) is 0 Å². The molecule has 0 aliphatic carbocycles. The van der Waals surface area contributed by atoms with Crippen molar-refractivity contribution in [2.75, 3.05) is 39.3 Å². The van der Waals surface area contributed by atoms with Crippen LogP contribution in [-0.4, -0.2) is 49.1 Å². The maximum absolute atomic E-state index is 13.0. The summed E-state index contributed by atoms with van der Waals surface area (Å²) < 4.78 is 13.0. The highest BCUT2D eigenvalue weighted by atomic mass is 19.1. The van der Waals surface area contributed by atoms with E-state index in [9.17, 15) is 4.39 Å². The molecule has 0 amide bonds. The molecule has 1 fully saturated rings. The van der Waals surface area contributed by atoms with Crippen molar-refractivity contribution in [1.82, 2.24) is 9.80 Å². The highest BCUT2D eigenvalue weighted by Gasteiger charge is 2.18. The Bertz CT molecular complexity index is 690. The summed E-state index contributed by atoms with van der Waals surface area (Å²) in [6, 6.07) is 18.0. The van der Waals surface area contributed by atoms with Crippen molar-refractivity contribution >= 4 is 0 Å². The summed E-state index contributed by atoms with van der Waals surface area (Å²) in [4.78, 5) is 5.22. The van der Waals surface area contributed by atoms with Crippen LogP contribution in [0, 0.1) is 11.7 Å². The molecule has 0 saturated carbocycles. The maximum Gasteiger partial charge on any atom is 0.123 e. The van der Waals surface area contributed by atoms with E-state index in [4.69, 9.17) is 0 Å². The van der Waals surface area contributed by atoms with E-state index in [2.05, 4.69) is 54.0 Å². The first-order valence-corrected chi connectivity index (χ1v) is 11.4. The fourth-order valence-corrected chi connectivity index (χ4v) is 4.51. The first kappa shape index (κ1) is 22.0. The largest absolute Gasteiger partial charge is 0.301 e. The third-order valence-electron chi connectivity index (χ3n) is 6.34. The normalized spacial score (nSPS) is 17.0. The third-order valence-corrected chi connectivity index (χ3v) is 6.34. The van der Waals surface area contributed by atoms with Gasteiger partial charge < -0.3 is 9.80 Å². The molecule has 0 radical (unpaired) electrons. The number of benzene rings is 2. The summed E-state index contributed by atoms with van der Waals surface area (Å²) in [5.74, 6) is 1.22. The number of halogens is 1. The predicted octanol–water partition coefficient (Wildman–Crippen LogP) is 5.60. The lowest BCUT2D eigenvalue weighted by Gasteiger charge is -2.35. The summed E-state index contributed by atoms with van der Waals surface area (Å²) in [7, 11) is 0. The molecule has 1 saturated heterocycles. The minimum Gasteiger partial charge on any atom is -0.301 e. The Morgan fingerprint density at radius 2 is 1.38 bits per heavy atom. The molecular weight excluding hydrogens is 359 g/mol. The molecular formula is C26H37FN2. The summed E-state index contributed by atoms with van der Waals surface area (Å²) in [5, 5.41) is 0. The maximum atomic E-state index is 13.0. The molecule has 2 nitrogen and oxygen atoms in total.